The lowest BCUT2D eigenvalue weighted by Crippen LogP contribution is -2.69. The molecule has 0 saturated heterocycles. The highest BCUT2D eigenvalue weighted by molar-refractivity contribution is 5.68. The molecule has 3 nitrogen and oxygen atoms in total. The average Bonchev–Trinajstić information content (AvgIpc) is 2.31. The van der Waals surface area contributed by atoms with Gasteiger partial charge in [0.15, 0.2) is 0 Å². The predicted octanol–water partition coefficient (Wildman–Crippen LogP) is 3.73. The van der Waals surface area contributed by atoms with Gasteiger partial charge in [0.25, 0.3) is 0 Å². The minimum absolute atomic E-state index is 0.146. The lowest BCUT2D eigenvalue weighted by molar-refractivity contribution is -0.249. The fourth-order valence-corrected chi connectivity index (χ4v) is 3.92. The van der Waals surface area contributed by atoms with Gasteiger partial charge in [0.2, 0.25) is 0 Å². The number of amides is 1. The molecule has 3 rings (SSSR count). The number of hydrogen-bond donors (Lipinski definition) is 1. The van der Waals surface area contributed by atoms with Gasteiger partial charge in [-0.3, -0.25) is 0 Å². The molecule has 0 aromatic heterocycles. The van der Waals surface area contributed by atoms with Gasteiger partial charge in [0.1, 0.15) is 5.60 Å². The van der Waals surface area contributed by atoms with E-state index in [0.717, 1.165) is 31.7 Å². The Morgan fingerprint density at radius 1 is 1.39 bits per heavy atom. The van der Waals surface area contributed by atoms with Crippen LogP contribution in [0.3, 0.4) is 0 Å². The second-order valence-electron chi connectivity index (χ2n) is 6.66. The Bertz CT molecular complexity index is 326. The molecule has 3 fully saturated rings. The van der Waals surface area contributed by atoms with Crippen LogP contribution in [0.1, 0.15) is 59.8 Å². The largest absolute Gasteiger partial charge is 0.442 e. The summed E-state index contributed by atoms with van der Waals surface area (Å²) in [4.78, 5) is 11.9. The molecule has 3 atom stereocenters. The Balaban J connectivity index is 1.96. The highest BCUT2D eigenvalue weighted by Gasteiger charge is 2.67. The molecule has 3 heteroatoms. The first-order valence-electron chi connectivity index (χ1n) is 7.41. The van der Waals surface area contributed by atoms with E-state index in [-0.39, 0.29) is 17.1 Å². The van der Waals surface area contributed by atoms with Gasteiger partial charge >= 0.3 is 6.09 Å². The number of hydrogen-bond acceptors (Lipinski definition) is 2. The van der Waals surface area contributed by atoms with Crippen LogP contribution in [0.25, 0.3) is 0 Å². The molecule has 3 aliphatic carbocycles. The molecule has 104 valence electrons. The molecule has 3 aliphatic rings. The standard InChI is InChI=1S/C15H27NO2/c1-5-6-9-16-13(17)18-15-10-12(14(15,3)4)8-7-11(15)2/h11-12H,5-10H2,1-4H3,(H,16,17). The summed E-state index contributed by atoms with van der Waals surface area (Å²) in [5.41, 5.74) is -0.0705. The van der Waals surface area contributed by atoms with Gasteiger partial charge in [-0.05, 0) is 37.5 Å². The van der Waals surface area contributed by atoms with Gasteiger partial charge in [-0.2, -0.15) is 0 Å². The van der Waals surface area contributed by atoms with E-state index >= 15 is 0 Å². The summed E-state index contributed by atoms with van der Waals surface area (Å²) in [6.07, 6.45) is 5.43. The van der Waals surface area contributed by atoms with Crippen LogP contribution in [0.2, 0.25) is 0 Å². The molecule has 0 aromatic carbocycles. The number of alkyl carbamates (subject to hydrolysis) is 1. The van der Waals surface area contributed by atoms with E-state index in [0.29, 0.717) is 5.92 Å². The third kappa shape index (κ3) is 1.92. The van der Waals surface area contributed by atoms with Crippen molar-refractivity contribution in [3.63, 3.8) is 0 Å². The fourth-order valence-electron chi connectivity index (χ4n) is 3.92. The molecule has 1 amide bonds. The average molecular weight is 253 g/mol. The number of unbranched alkanes of at least 4 members (excludes halogenated alkanes) is 1. The molecule has 1 N–H and O–H groups in total. The Morgan fingerprint density at radius 3 is 2.67 bits per heavy atom. The van der Waals surface area contributed by atoms with Crippen molar-refractivity contribution in [3.8, 4) is 0 Å². The molecule has 3 unspecified atom stereocenters. The molecular weight excluding hydrogens is 226 g/mol. The van der Waals surface area contributed by atoms with Gasteiger partial charge in [-0.25, -0.2) is 4.79 Å². The number of rotatable bonds is 4. The van der Waals surface area contributed by atoms with Crippen LogP contribution in [0, 0.1) is 17.3 Å². The highest BCUT2D eigenvalue weighted by Crippen LogP contribution is 2.65. The molecule has 0 aromatic rings. The van der Waals surface area contributed by atoms with E-state index in [1.807, 2.05) is 0 Å². The molecular formula is C15H27NO2. The van der Waals surface area contributed by atoms with Crippen molar-refractivity contribution in [2.75, 3.05) is 6.54 Å². The minimum atomic E-state index is -0.219. The third-order valence-corrected chi connectivity index (χ3v) is 5.48. The molecule has 0 aliphatic heterocycles. The van der Waals surface area contributed by atoms with Crippen LogP contribution in [0.4, 0.5) is 4.79 Å². The highest BCUT2D eigenvalue weighted by atomic mass is 16.6. The van der Waals surface area contributed by atoms with Crippen LogP contribution in [-0.4, -0.2) is 18.2 Å². The van der Waals surface area contributed by atoms with Crippen molar-refractivity contribution in [3.05, 3.63) is 0 Å². The van der Waals surface area contributed by atoms with E-state index in [1.165, 1.54) is 12.8 Å². The maximum absolute atomic E-state index is 11.9. The molecule has 0 radical (unpaired) electrons. The van der Waals surface area contributed by atoms with Gasteiger partial charge in [0.05, 0.1) is 0 Å². The summed E-state index contributed by atoms with van der Waals surface area (Å²) in [7, 11) is 0. The van der Waals surface area contributed by atoms with Crippen LogP contribution < -0.4 is 5.32 Å². The van der Waals surface area contributed by atoms with E-state index in [4.69, 9.17) is 4.74 Å². The van der Waals surface area contributed by atoms with Crippen molar-refractivity contribution in [2.45, 2.75) is 65.4 Å². The Labute approximate surface area is 111 Å². The summed E-state index contributed by atoms with van der Waals surface area (Å²) >= 11 is 0. The van der Waals surface area contributed by atoms with Crippen LogP contribution in [0.15, 0.2) is 0 Å². The normalized spacial score (nSPS) is 36.7. The second-order valence-corrected chi connectivity index (χ2v) is 6.66. The third-order valence-electron chi connectivity index (χ3n) is 5.48. The SMILES string of the molecule is CCCCNC(=O)OC12CC(CCC1C)C2(C)C. The van der Waals surface area contributed by atoms with Crippen molar-refractivity contribution < 1.29 is 9.53 Å². The summed E-state index contributed by atoms with van der Waals surface area (Å²) in [6, 6.07) is 0. The van der Waals surface area contributed by atoms with Crippen LogP contribution >= 0.6 is 0 Å². The van der Waals surface area contributed by atoms with E-state index < -0.39 is 0 Å². The van der Waals surface area contributed by atoms with Crippen LogP contribution in [0.5, 0.6) is 0 Å². The number of carbonyl (C=O) groups excluding carboxylic acids is 1. The maximum atomic E-state index is 11.9. The van der Waals surface area contributed by atoms with E-state index in [9.17, 15) is 4.79 Å². The Kier molecular flexibility index (Phi) is 3.61. The first-order chi connectivity index (χ1) is 8.44. The van der Waals surface area contributed by atoms with Gasteiger partial charge < -0.3 is 10.1 Å². The second kappa shape index (κ2) is 4.75. The van der Waals surface area contributed by atoms with Crippen molar-refractivity contribution in [1.29, 1.82) is 0 Å². The van der Waals surface area contributed by atoms with E-state index in [2.05, 4.69) is 33.0 Å². The zero-order valence-electron chi connectivity index (χ0n) is 12.2. The topological polar surface area (TPSA) is 38.3 Å². The van der Waals surface area contributed by atoms with Crippen molar-refractivity contribution in [2.24, 2.45) is 17.3 Å². The fraction of sp³-hybridized carbons (Fsp3) is 0.933. The Morgan fingerprint density at radius 2 is 2.11 bits per heavy atom. The van der Waals surface area contributed by atoms with Gasteiger partial charge in [0, 0.05) is 12.0 Å². The number of fused-ring (bicyclic) bond motifs is 2. The van der Waals surface area contributed by atoms with Gasteiger partial charge in [-0.15, -0.1) is 0 Å². The summed E-state index contributed by atoms with van der Waals surface area (Å²) in [5.74, 6) is 1.21. The molecule has 3 saturated carbocycles. The monoisotopic (exact) mass is 253 g/mol. The number of carbonyl (C=O) groups is 1. The van der Waals surface area contributed by atoms with E-state index in [1.54, 1.807) is 0 Å². The zero-order valence-corrected chi connectivity index (χ0v) is 12.2. The first kappa shape index (κ1) is 13.7. The minimum Gasteiger partial charge on any atom is -0.442 e. The molecule has 0 spiro atoms. The zero-order chi connectivity index (χ0) is 13.4. The van der Waals surface area contributed by atoms with Gasteiger partial charge in [-0.1, -0.05) is 34.1 Å². The van der Waals surface area contributed by atoms with Crippen molar-refractivity contribution >= 4 is 6.09 Å². The lowest BCUT2D eigenvalue weighted by atomic mass is 9.43. The van der Waals surface area contributed by atoms with Crippen molar-refractivity contribution in [1.82, 2.24) is 5.32 Å². The summed E-state index contributed by atoms with van der Waals surface area (Å²) in [6.45, 7) is 9.60. The summed E-state index contributed by atoms with van der Waals surface area (Å²) < 4.78 is 5.87. The molecule has 0 heterocycles. The molecule has 2 bridgehead atoms. The predicted molar refractivity (Wildman–Crippen MR) is 72.4 cm³/mol. The lowest BCUT2D eigenvalue weighted by Gasteiger charge is -2.66. The molecule has 18 heavy (non-hydrogen) atoms. The quantitative estimate of drug-likeness (QED) is 0.775. The number of nitrogens with one attached hydrogen (secondary N) is 1. The number of ether oxygens (including phenoxy) is 1. The smallest absolute Gasteiger partial charge is 0.407 e. The first-order valence-corrected chi connectivity index (χ1v) is 7.41. The van der Waals surface area contributed by atoms with Crippen LogP contribution in [-0.2, 0) is 4.74 Å². The Hall–Kier alpha value is -0.730. The maximum Gasteiger partial charge on any atom is 0.407 e. The summed E-state index contributed by atoms with van der Waals surface area (Å²) in [5, 5.41) is 2.88.